The van der Waals surface area contributed by atoms with Gasteiger partial charge in [-0.3, -0.25) is 23.3 Å². The van der Waals surface area contributed by atoms with Crippen LogP contribution in [0.1, 0.15) is 30.1 Å². The largest absolute Gasteiger partial charge is 0.342 e. The summed E-state index contributed by atoms with van der Waals surface area (Å²) in [5.41, 5.74) is 0.259. The van der Waals surface area contributed by atoms with E-state index >= 15 is 0 Å². The van der Waals surface area contributed by atoms with Crippen molar-refractivity contribution in [3.63, 3.8) is 0 Å². The van der Waals surface area contributed by atoms with Gasteiger partial charge in [0.1, 0.15) is 0 Å². The highest BCUT2D eigenvalue weighted by Crippen LogP contribution is 2.25. The maximum absolute atomic E-state index is 13.0. The lowest BCUT2D eigenvalue weighted by atomic mass is 10.00. The molecule has 1 fully saturated rings. The monoisotopic (exact) mass is 473 g/mol. The Hall–Kier alpha value is -2.68. The number of carbonyl (C=O) groups is 1. The Labute approximate surface area is 181 Å². The van der Waals surface area contributed by atoms with Crippen LogP contribution in [0.5, 0.6) is 0 Å². The van der Waals surface area contributed by atoms with Crippen molar-refractivity contribution in [1.29, 1.82) is 0 Å². The number of imidazole rings is 1. The Bertz CT molecular complexity index is 1230. The van der Waals surface area contributed by atoms with Crippen LogP contribution in [0.4, 0.5) is 5.95 Å². The molecule has 30 heavy (non-hydrogen) atoms. The second kappa shape index (κ2) is 7.86. The number of nitrogens with zero attached hydrogens (tertiary/aromatic N) is 5. The van der Waals surface area contributed by atoms with E-state index in [-0.39, 0.29) is 17.8 Å². The number of benzene rings is 1. The predicted octanol–water partition coefficient (Wildman–Crippen LogP) is 2.32. The fourth-order valence-corrected chi connectivity index (χ4v) is 4.17. The summed E-state index contributed by atoms with van der Waals surface area (Å²) in [4.78, 5) is 45.2. The summed E-state index contributed by atoms with van der Waals surface area (Å²) in [6.07, 6.45) is 2.03. The molecule has 1 aromatic carbocycles. The first kappa shape index (κ1) is 20.6. The Morgan fingerprint density at radius 3 is 2.37 bits per heavy atom. The summed E-state index contributed by atoms with van der Waals surface area (Å²) < 4.78 is 5.00. The van der Waals surface area contributed by atoms with Crippen molar-refractivity contribution in [3.05, 3.63) is 55.1 Å². The number of aromatic nitrogens is 4. The van der Waals surface area contributed by atoms with Crippen LogP contribution in [-0.4, -0.2) is 37.6 Å². The minimum atomic E-state index is -0.444. The average Bonchev–Trinajstić information content (AvgIpc) is 3.11. The van der Waals surface area contributed by atoms with Crippen LogP contribution in [0.15, 0.2) is 38.3 Å². The second-order valence-electron chi connectivity index (χ2n) is 7.98. The van der Waals surface area contributed by atoms with Gasteiger partial charge in [-0.1, -0.05) is 35.0 Å². The van der Waals surface area contributed by atoms with Gasteiger partial charge in [-0.2, -0.15) is 4.98 Å². The average molecular weight is 474 g/mol. The molecular formula is C21H24BrN5O3. The number of piperidine rings is 1. The van der Waals surface area contributed by atoms with Crippen LogP contribution >= 0.6 is 15.9 Å². The van der Waals surface area contributed by atoms with Gasteiger partial charge in [0.15, 0.2) is 16.9 Å². The highest BCUT2D eigenvalue weighted by Gasteiger charge is 2.26. The number of anilines is 1. The van der Waals surface area contributed by atoms with E-state index in [1.165, 1.54) is 11.6 Å². The molecule has 0 N–H and O–H groups in total. The smallest absolute Gasteiger partial charge is 0.332 e. The molecule has 0 unspecified atom stereocenters. The lowest BCUT2D eigenvalue weighted by Crippen LogP contribution is -2.38. The minimum absolute atomic E-state index is 0.0209. The van der Waals surface area contributed by atoms with Crippen LogP contribution in [-0.2, 0) is 20.6 Å². The fourth-order valence-electron chi connectivity index (χ4n) is 3.91. The van der Waals surface area contributed by atoms with Crippen LogP contribution in [0.2, 0.25) is 0 Å². The molecule has 0 aliphatic carbocycles. The van der Waals surface area contributed by atoms with Crippen LogP contribution in [0, 0.1) is 5.92 Å². The predicted molar refractivity (Wildman–Crippen MR) is 119 cm³/mol. The van der Waals surface area contributed by atoms with Gasteiger partial charge < -0.3 is 4.90 Å². The molecule has 0 saturated carbocycles. The van der Waals surface area contributed by atoms with Gasteiger partial charge >= 0.3 is 5.69 Å². The molecule has 1 aliphatic rings. The van der Waals surface area contributed by atoms with E-state index in [9.17, 15) is 14.4 Å². The number of Topliss-reactive ketones (excluding diaryl/α,β-unsaturated/α-hetero) is 1. The molecule has 0 atom stereocenters. The molecule has 0 spiro atoms. The quantitative estimate of drug-likeness (QED) is 0.543. The summed E-state index contributed by atoms with van der Waals surface area (Å²) in [7, 11) is 3.04. The highest BCUT2D eigenvalue weighted by atomic mass is 79.9. The minimum Gasteiger partial charge on any atom is -0.342 e. The summed E-state index contributed by atoms with van der Waals surface area (Å²) >= 11 is 3.38. The van der Waals surface area contributed by atoms with Crippen molar-refractivity contribution in [2.24, 2.45) is 20.0 Å². The molecule has 2 aromatic heterocycles. The molecule has 3 heterocycles. The normalized spacial score (nSPS) is 15.1. The first-order chi connectivity index (χ1) is 14.3. The summed E-state index contributed by atoms with van der Waals surface area (Å²) in [5, 5.41) is 0. The number of rotatable bonds is 4. The maximum Gasteiger partial charge on any atom is 0.332 e. The summed E-state index contributed by atoms with van der Waals surface area (Å²) in [6.45, 7) is 3.79. The lowest BCUT2D eigenvalue weighted by Gasteiger charge is -2.31. The molecule has 0 amide bonds. The van der Waals surface area contributed by atoms with Gasteiger partial charge in [0, 0.05) is 37.2 Å². The Morgan fingerprint density at radius 2 is 1.73 bits per heavy atom. The van der Waals surface area contributed by atoms with Crippen molar-refractivity contribution in [2.75, 3.05) is 18.0 Å². The lowest BCUT2D eigenvalue weighted by molar-refractivity contribution is 0.0973. The maximum atomic E-state index is 13.0. The highest BCUT2D eigenvalue weighted by molar-refractivity contribution is 9.10. The number of halogens is 1. The summed E-state index contributed by atoms with van der Waals surface area (Å²) in [5.74, 6) is 1.07. The zero-order chi connectivity index (χ0) is 21.6. The molecule has 0 bridgehead atoms. The van der Waals surface area contributed by atoms with Crippen molar-refractivity contribution in [1.82, 2.24) is 18.7 Å². The molecule has 9 heteroatoms. The van der Waals surface area contributed by atoms with E-state index < -0.39 is 11.2 Å². The number of hydrogen-bond acceptors (Lipinski definition) is 5. The second-order valence-corrected chi connectivity index (χ2v) is 8.89. The zero-order valence-corrected chi connectivity index (χ0v) is 18.8. The van der Waals surface area contributed by atoms with Gasteiger partial charge in [-0.15, -0.1) is 0 Å². The van der Waals surface area contributed by atoms with Crippen molar-refractivity contribution in [3.8, 4) is 0 Å². The number of fused-ring (bicyclic) bond motifs is 1. The third kappa shape index (κ3) is 3.51. The Kier molecular flexibility index (Phi) is 5.40. The fraction of sp³-hybridized carbons (Fsp3) is 0.429. The van der Waals surface area contributed by atoms with E-state index in [2.05, 4.69) is 32.7 Å². The zero-order valence-electron chi connectivity index (χ0n) is 17.3. The first-order valence-electron chi connectivity index (χ1n) is 9.98. The molecule has 4 rings (SSSR count). The van der Waals surface area contributed by atoms with Crippen molar-refractivity contribution >= 4 is 38.8 Å². The van der Waals surface area contributed by atoms with Crippen molar-refractivity contribution < 1.29 is 4.79 Å². The number of ketones is 1. The van der Waals surface area contributed by atoms with E-state index in [1.54, 1.807) is 23.7 Å². The van der Waals surface area contributed by atoms with Gasteiger partial charge in [-0.05, 0) is 30.9 Å². The van der Waals surface area contributed by atoms with Gasteiger partial charge in [0.25, 0.3) is 5.56 Å². The van der Waals surface area contributed by atoms with Crippen LogP contribution < -0.4 is 16.1 Å². The molecular weight excluding hydrogens is 450 g/mol. The molecule has 1 saturated heterocycles. The molecule has 3 aromatic rings. The summed E-state index contributed by atoms with van der Waals surface area (Å²) in [6, 6.07) is 7.13. The van der Waals surface area contributed by atoms with E-state index in [1.807, 2.05) is 12.1 Å². The third-order valence-electron chi connectivity index (χ3n) is 5.86. The van der Waals surface area contributed by atoms with Gasteiger partial charge in [-0.25, -0.2) is 4.79 Å². The molecule has 1 aliphatic heterocycles. The number of carbonyl (C=O) groups excluding carboxylic acids is 1. The van der Waals surface area contributed by atoms with Gasteiger partial charge in [0.2, 0.25) is 5.95 Å². The van der Waals surface area contributed by atoms with E-state index in [0.29, 0.717) is 23.1 Å². The van der Waals surface area contributed by atoms with Crippen LogP contribution in [0.25, 0.3) is 11.2 Å². The SMILES string of the molecule is CC1CCN(c2nc3c(c(=O)n(C)c(=O)n3C)n2CC(=O)c2ccc(Br)cc2)CC1. The Balaban J connectivity index is 1.87. The first-order valence-corrected chi connectivity index (χ1v) is 10.8. The standard InChI is InChI=1S/C21H24BrN5O3/c1-13-8-10-26(11-9-13)20-23-18-17(19(29)25(3)21(30)24(18)2)27(20)12-16(28)14-4-6-15(22)7-5-14/h4-7,13H,8-12H2,1-3H3. The topological polar surface area (TPSA) is 82.1 Å². The number of aryl methyl sites for hydroxylation is 1. The molecule has 0 radical (unpaired) electrons. The van der Waals surface area contributed by atoms with Crippen molar-refractivity contribution in [2.45, 2.75) is 26.3 Å². The van der Waals surface area contributed by atoms with E-state index in [4.69, 9.17) is 0 Å². The third-order valence-corrected chi connectivity index (χ3v) is 6.39. The number of hydrogen-bond donors (Lipinski definition) is 0. The van der Waals surface area contributed by atoms with Gasteiger partial charge in [0.05, 0.1) is 6.54 Å². The molecule has 8 nitrogen and oxygen atoms in total. The van der Waals surface area contributed by atoms with E-state index in [0.717, 1.165) is 35.0 Å². The van der Waals surface area contributed by atoms with Crippen LogP contribution in [0.3, 0.4) is 0 Å². The Morgan fingerprint density at radius 1 is 1.10 bits per heavy atom. The molecule has 158 valence electrons.